The van der Waals surface area contributed by atoms with Crippen LogP contribution in [0.2, 0.25) is 0 Å². The zero-order valence-corrected chi connectivity index (χ0v) is 14.9. The van der Waals surface area contributed by atoms with Crippen molar-refractivity contribution in [3.8, 4) is 11.1 Å². The van der Waals surface area contributed by atoms with Crippen molar-refractivity contribution in [2.45, 2.75) is 57.8 Å². The Morgan fingerprint density at radius 2 is 1.36 bits per heavy atom. The number of hydrogen-bond donors (Lipinski definition) is 0. The van der Waals surface area contributed by atoms with Crippen LogP contribution in [-0.2, 0) is 0 Å². The van der Waals surface area contributed by atoms with Crippen LogP contribution >= 0.6 is 0 Å². The predicted molar refractivity (Wildman–Crippen MR) is 98.6 cm³/mol. The molecule has 2 heteroatoms. The molecule has 0 atom stereocenters. The molecule has 0 bridgehead atoms. The smallest absolute Gasteiger partial charge is 0.166 e. The van der Waals surface area contributed by atoms with Crippen LogP contribution < -0.4 is 0 Å². The van der Waals surface area contributed by atoms with E-state index in [4.69, 9.17) is 0 Å². The molecule has 132 valence electrons. The summed E-state index contributed by atoms with van der Waals surface area (Å²) in [6.07, 6.45) is 9.58. The van der Waals surface area contributed by atoms with Crippen LogP contribution in [0.25, 0.3) is 11.1 Å². The van der Waals surface area contributed by atoms with Gasteiger partial charge in [0.15, 0.2) is 11.6 Å². The van der Waals surface area contributed by atoms with E-state index in [0.717, 1.165) is 17.4 Å². The molecule has 2 aromatic carbocycles. The lowest BCUT2D eigenvalue weighted by Gasteiger charge is -2.38. The lowest BCUT2D eigenvalue weighted by atomic mass is 9.67. The van der Waals surface area contributed by atoms with Gasteiger partial charge in [0.1, 0.15) is 0 Å². The number of hydrogen-bond acceptors (Lipinski definition) is 0. The summed E-state index contributed by atoms with van der Waals surface area (Å²) in [7, 11) is 0. The predicted octanol–water partition coefficient (Wildman–Crippen LogP) is 7.01. The van der Waals surface area contributed by atoms with Crippen LogP contribution in [0.4, 0.5) is 8.78 Å². The van der Waals surface area contributed by atoms with Crippen molar-refractivity contribution in [3.63, 3.8) is 0 Å². The Morgan fingerprint density at radius 3 is 1.96 bits per heavy atom. The number of halogens is 2. The summed E-state index contributed by atoms with van der Waals surface area (Å²) in [5.41, 5.74) is 2.80. The van der Waals surface area contributed by atoms with Gasteiger partial charge in [0.05, 0.1) is 0 Å². The van der Waals surface area contributed by atoms with Crippen LogP contribution in [0.1, 0.15) is 62.0 Å². The molecule has 25 heavy (non-hydrogen) atoms. The zero-order chi connectivity index (χ0) is 17.4. The van der Waals surface area contributed by atoms with E-state index in [1.807, 2.05) is 12.1 Å². The van der Waals surface area contributed by atoms with Gasteiger partial charge >= 0.3 is 0 Å². The third-order valence-electron chi connectivity index (χ3n) is 6.56. The standard InChI is InChI=1S/C23H26F2/c1-15-5-14-21(23(25)22(15)24)20-12-10-19(11-13-20)18-8-6-17(7-9-18)16-3-2-4-16/h5,10-14,16-18H,2-4,6-9H2,1H3. The molecular weight excluding hydrogens is 314 g/mol. The topological polar surface area (TPSA) is 0 Å². The fourth-order valence-electron chi connectivity index (χ4n) is 4.64. The summed E-state index contributed by atoms with van der Waals surface area (Å²) >= 11 is 0. The summed E-state index contributed by atoms with van der Waals surface area (Å²) in [5.74, 6) is 1.10. The lowest BCUT2D eigenvalue weighted by molar-refractivity contribution is 0.154. The van der Waals surface area contributed by atoms with E-state index >= 15 is 0 Å². The molecule has 4 rings (SSSR count). The molecule has 0 unspecified atom stereocenters. The Labute approximate surface area is 149 Å². The third kappa shape index (κ3) is 3.23. The molecule has 2 fully saturated rings. The molecule has 0 amide bonds. The first kappa shape index (κ1) is 16.8. The van der Waals surface area contributed by atoms with Crippen molar-refractivity contribution in [3.05, 3.63) is 59.2 Å². The SMILES string of the molecule is Cc1ccc(-c2ccc(C3CCC(C4CCC4)CC3)cc2)c(F)c1F. The Morgan fingerprint density at radius 1 is 0.720 bits per heavy atom. The maximum absolute atomic E-state index is 14.2. The Hall–Kier alpha value is -1.70. The molecule has 2 saturated carbocycles. The van der Waals surface area contributed by atoms with E-state index in [-0.39, 0.29) is 0 Å². The van der Waals surface area contributed by atoms with Crippen LogP contribution in [0.3, 0.4) is 0 Å². The van der Waals surface area contributed by atoms with Gasteiger partial charge in [0.25, 0.3) is 0 Å². The van der Waals surface area contributed by atoms with E-state index in [0.29, 0.717) is 17.0 Å². The fraction of sp³-hybridized carbons (Fsp3) is 0.478. The molecular formula is C23H26F2. The van der Waals surface area contributed by atoms with E-state index in [1.165, 1.54) is 50.5 Å². The van der Waals surface area contributed by atoms with Crippen molar-refractivity contribution < 1.29 is 8.78 Å². The number of benzene rings is 2. The minimum Gasteiger partial charge on any atom is -0.203 e. The Kier molecular flexibility index (Phi) is 4.62. The first-order chi connectivity index (χ1) is 12.1. The second kappa shape index (κ2) is 6.90. The first-order valence-electron chi connectivity index (χ1n) is 9.68. The number of aryl methyl sites for hydroxylation is 1. The molecule has 2 aromatic rings. The average Bonchev–Trinajstić information content (AvgIpc) is 2.59. The molecule has 0 aliphatic heterocycles. The van der Waals surface area contributed by atoms with Gasteiger partial charge in [-0.25, -0.2) is 8.78 Å². The van der Waals surface area contributed by atoms with Crippen molar-refractivity contribution in [2.75, 3.05) is 0 Å². The Balaban J connectivity index is 1.46. The average molecular weight is 340 g/mol. The van der Waals surface area contributed by atoms with Crippen molar-refractivity contribution in [1.82, 2.24) is 0 Å². The van der Waals surface area contributed by atoms with Gasteiger partial charge in [-0.2, -0.15) is 0 Å². The maximum atomic E-state index is 14.2. The van der Waals surface area contributed by atoms with Crippen molar-refractivity contribution >= 4 is 0 Å². The Bertz CT molecular complexity index is 735. The second-order valence-corrected chi connectivity index (χ2v) is 7.98. The van der Waals surface area contributed by atoms with Gasteiger partial charge < -0.3 is 0 Å². The summed E-state index contributed by atoms with van der Waals surface area (Å²) in [5, 5.41) is 0. The fourth-order valence-corrected chi connectivity index (χ4v) is 4.64. The highest BCUT2D eigenvalue weighted by molar-refractivity contribution is 5.65. The van der Waals surface area contributed by atoms with E-state index in [9.17, 15) is 8.78 Å². The zero-order valence-electron chi connectivity index (χ0n) is 14.9. The molecule has 2 aliphatic carbocycles. The minimum absolute atomic E-state index is 0.348. The van der Waals surface area contributed by atoms with Gasteiger partial charge in [0.2, 0.25) is 0 Å². The highest BCUT2D eigenvalue weighted by atomic mass is 19.2. The molecule has 0 aromatic heterocycles. The highest BCUT2D eigenvalue weighted by Gasteiger charge is 2.31. The molecule has 0 radical (unpaired) electrons. The third-order valence-corrected chi connectivity index (χ3v) is 6.56. The second-order valence-electron chi connectivity index (χ2n) is 7.98. The van der Waals surface area contributed by atoms with Crippen LogP contribution in [-0.4, -0.2) is 0 Å². The van der Waals surface area contributed by atoms with Gasteiger partial charge in [-0.3, -0.25) is 0 Å². The van der Waals surface area contributed by atoms with Gasteiger partial charge in [-0.15, -0.1) is 0 Å². The van der Waals surface area contributed by atoms with Gasteiger partial charge in [0, 0.05) is 5.56 Å². The largest absolute Gasteiger partial charge is 0.203 e. The van der Waals surface area contributed by atoms with Crippen LogP contribution in [0.5, 0.6) is 0 Å². The molecule has 0 nitrogen and oxygen atoms in total. The molecule has 0 N–H and O–H groups in total. The first-order valence-corrected chi connectivity index (χ1v) is 9.68. The van der Waals surface area contributed by atoms with Gasteiger partial charge in [-0.1, -0.05) is 55.7 Å². The van der Waals surface area contributed by atoms with E-state index < -0.39 is 11.6 Å². The van der Waals surface area contributed by atoms with Crippen molar-refractivity contribution in [2.24, 2.45) is 11.8 Å². The highest BCUT2D eigenvalue weighted by Crippen LogP contribution is 2.45. The van der Waals surface area contributed by atoms with Gasteiger partial charge in [-0.05, 0) is 67.1 Å². The normalized spacial score (nSPS) is 24.1. The number of rotatable bonds is 3. The van der Waals surface area contributed by atoms with Crippen LogP contribution in [0, 0.1) is 30.4 Å². The maximum Gasteiger partial charge on any atom is 0.166 e. The monoisotopic (exact) mass is 340 g/mol. The van der Waals surface area contributed by atoms with Crippen LogP contribution in [0.15, 0.2) is 36.4 Å². The summed E-state index contributed by atoms with van der Waals surface area (Å²) in [6.45, 7) is 1.59. The lowest BCUT2D eigenvalue weighted by Crippen LogP contribution is -2.25. The quantitative estimate of drug-likeness (QED) is 0.563. The molecule has 0 saturated heterocycles. The van der Waals surface area contributed by atoms with E-state index in [2.05, 4.69) is 12.1 Å². The summed E-state index contributed by atoms with van der Waals surface area (Å²) in [4.78, 5) is 0. The minimum atomic E-state index is -0.742. The summed E-state index contributed by atoms with van der Waals surface area (Å²) in [6, 6.07) is 11.4. The molecule has 0 spiro atoms. The van der Waals surface area contributed by atoms with E-state index in [1.54, 1.807) is 19.1 Å². The molecule has 2 aliphatic rings. The summed E-state index contributed by atoms with van der Waals surface area (Å²) < 4.78 is 28.0. The van der Waals surface area contributed by atoms with Crippen molar-refractivity contribution in [1.29, 1.82) is 0 Å². The molecule has 0 heterocycles.